The van der Waals surface area contributed by atoms with E-state index in [2.05, 4.69) is 4.90 Å². The summed E-state index contributed by atoms with van der Waals surface area (Å²) in [5, 5.41) is 0. The van der Waals surface area contributed by atoms with E-state index in [1.54, 1.807) is 12.1 Å². The fourth-order valence-electron chi connectivity index (χ4n) is 3.40. The molecule has 5 heteroatoms. The average molecular weight is 371 g/mol. The molecule has 1 atom stereocenters. The van der Waals surface area contributed by atoms with E-state index in [9.17, 15) is 9.18 Å². The minimum absolute atomic E-state index is 0.0960. The van der Waals surface area contributed by atoms with E-state index in [-0.39, 0.29) is 24.0 Å². The van der Waals surface area contributed by atoms with Crippen molar-refractivity contribution in [3.05, 3.63) is 71.5 Å². The number of benzene rings is 2. The second-order valence-corrected chi connectivity index (χ2v) is 6.76. The molecule has 0 amide bonds. The Labute approximate surface area is 159 Å². The first-order valence-electron chi connectivity index (χ1n) is 9.49. The van der Waals surface area contributed by atoms with Crippen LogP contribution in [-0.2, 0) is 14.3 Å². The van der Waals surface area contributed by atoms with Crippen LogP contribution < -0.4 is 0 Å². The average Bonchev–Trinajstić information content (AvgIpc) is 2.69. The maximum absolute atomic E-state index is 13.3. The molecular formula is C22H26FNO3. The fourth-order valence-corrected chi connectivity index (χ4v) is 3.40. The Hall–Kier alpha value is -2.24. The lowest BCUT2D eigenvalue weighted by Crippen LogP contribution is -2.40. The number of halogens is 1. The van der Waals surface area contributed by atoms with Crippen LogP contribution in [0.2, 0.25) is 0 Å². The number of carbonyl (C=O) groups excluding carboxylic acids is 1. The number of carbonyl (C=O) groups is 1. The summed E-state index contributed by atoms with van der Waals surface area (Å²) >= 11 is 0. The third-order valence-corrected chi connectivity index (χ3v) is 4.80. The van der Waals surface area contributed by atoms with Crippen molar-refractivity contribution in [2.24, 2.45) is 0 Å². The number of nitrogens with zero attached hydrogens (tertiary/aromatic N) is 1. The van der Waals surface area contributed by atoms with E-state index < -0.39 is 0 Å². The monoisotopic (exact) mass is 371 g/mol. The number of likely N-dealkylation sites (tertiary alicyclic amines) is 1. The molecule has 0 N–H and O–H groups in total. The van der Waals surface area contributed by atoms with Gasteiger partial charge in [0.25, 0.3) is 0 Å². The lowest BCUT2D eigenvalue weighted by molar-refractivity contribution is -0.145. The molecule has 4 nitrogen and oxygen atoms in total. The highest BCUT2D eigenvalue weighted by Crippen LogP contribution is 2.30. The molecule has 1 unspecified atom stereocenters. The van der Waals surface area contributed by atoms with Crippen LogP contribution in [0.3, 0.4) is 0 Å². The van der Waals surface area contributed by atoms with Crippen molar-refractivity contribution >= 4 is 5.97 Å². The highest BCUT2D eigenvalue weighted by atomic mass is 19.1. The standard InChI is InChI=1S/C22H26FNO3/c1-2-26-21(25)16-24-14-12-20(13-15-24)27-22(17-6-4-3-5-7-17)18-8-10-19(23)11-9-18/h3-11,20,22H,2,12-16H2,1H3. The van der Waals surface area contributed by atoms with Crippen LogP contribution in [0.25, 0.3) is 0 Å². The summed E-state index contributed by atoms with van der Waals surface area (Å²) in [6, 6.07) is 16.5. The number of hydrogen-bond acceptors (Lipinski definition) is 4. The topological polar surface area (TPSA) is 38.8 Å². The van der Waals surface area contributed by atoms with Crippen molar-refractivity contribution in [1.82, 2.24) is 4.90 Å². The summed E-state index contributed by atoms with van der Waals surface area (Å²) in [7, 11) is 0. The van der Waals surface area contributed by atoms with Crippen LogP contribution in [0.1, 0.15) is 37.0 Å². The molecule has 2 aromatic carbocycles. The zero-order valence-electron chi connectivity index (χ0n) is 15.6. The number of esters is 1. The van der Waals surface area contributed by atoms with Crippen LogP contribution in [0.15, 0.2) is 54.6 Å². The molecule has 1 aliphatic rings. The molecule has 0 saturated carbocycles. The van der Waals surface area contributed by atoms with E-state index in [1.807, 2.05) is 37.3 Å². The van der Waals surface area contributed by atoms with Gasteiger partial charge in [0.2, 0.25) is 0 Å². The molecule has 1 fully saturated rings. The second kappa shape index (κ2) is 9.62. The molecule has 144 valence electrons. The third-order valence-electron chi connectivity index (χ3n) is 4.80. The fraction of sp³-hybridized carbons (Fsp3) is 0.409. The Morgan fingerprint density at radius 1 is 1.07 bits per heavy atom. The van der Waals surface area contributed by atoms with Gasteiger partial charge in [-0.3, -0.25) is 9.69 Å². The van der Waals surface area contributed by atoms with Gasteiger partial charge in [0.1, 0.15) is 11.9 Å². The minimum Gasteiger partial charge on any atom is -0.465 e. The van der Waals surface area contributed by atoms with Crippen molar-refractivity contribution in [2.45, 2.75) is 32.0 Å². The number of piperidine rings is 1. The van der Waals surface area contributed by atoms with Gasteiger partial charge in [0, 0.05) is 13.1 Å². The first-order chi connectivity index (χ1) is 13.2. The third kappa shape index (κ3) is 5.62. The summed E-state index contributed by atoms with van der Waals surface area (Å²) in [4.78, 5) is 13.7. The highest BCUT2D eigenvalue weighted by Gasteiger charge is 2.25. The van der Waals surface area contributed by atoms with Crippen LogP contribution in [0.5, 0.6) is 0 Å². The maximum atomic E-state index is 13.3. The summed E-state index contributed by atoms with van der Waals surface area (Å²) in [5.41, 5.74) is 2.00. The molecule has 0 bridgehead atoms. The molecule has 1 heterocycles. The predicted octanol–water partition coefficient (Wildman–Crippen LogP) is 3.96. The Balaban J connectivity index is 1.64. The quantitative estimate of drug-likeness (QED) is 0.691. The number of ether oxygens (including phenoxy) is 2. The van der Waals surface area contributed by atoms with Gasteiger partial charge in [0.15, 0.2) is 0 Å². The highest BCUT2D eigenvalue weighted by molar-refractivity contribution is 5.71. The summed E-state index contributed by atoms with van der Waals surface area (Å²) in [6.07, 6.45) is 1.57. The van der Waals surface area contributed by atoms with Gasteiger partial charge in [0.05, 0.1) is 19.3 Å². The van der Waals surface area contributed by atoms with Gasteiger partial charge in [-0.25, -0.2) is 4.39 Å². The molecule has 1 saturated heterocycles. The minimum atomic E-state index is -0.252. The first kappa shape index (κ1) is 19.5. The van der Waals surface area contributed by atoms with Crippen LogP contribution in [0.4, 0.5) is 4.39 Å². The van der Waals surface area contributed by atoms with Gasteiger partial charge < -0.3 is 9.47 Å². The Kier molecular flexibility index (Phi) is 6.96. The Bertz CT molecular complexity index is 712. The van der Waals surface area contributed by atoms with Gasteiger partial charge in [-0.15, -0.1) is 0 Å². The van der Waals surface area contributed by atoms with Crippen molar-refractivity contribution in [1.29, 1.82) is 0 Å². The molecule has 27 heavy (non-hydrogen) atoms. The first-order valence-corrected chi connectivity index (χ1v) is 9.49. The van der Waals surface area contributed by atoms with Gasteiger partial charge in [-0.05, 0) is 43.0 Å². The normalized spacial score (nSPS) is 16.8. The van der Waals surface area contributed by atoms with Gasteiger partial charge in [-0.1, -0.05) is 42.5 Å². The zero-order valence-corrected chi connectivity index (χ0v) is 15.6. The SMILES string of the molecule is CCOC(=O)CN1CCC(OC(c2ccccc2)c2ccc(F)cc2)CC1. The number of rotatable bonds is 7. The summed E-state index contributed by atoms with van der Waals surface area (Å²) in [5.74, 6) is -0.428. The van der Waals surface area contributed by atoms with Crippen molar-refractivity contribution in [3.63, 3.8) is 0 Å². The van der Waals surface area contributed by atoms with Crippen molar-refractivity contribution < 1.29 is 18.7 Å². The van der Waals surface area contributed by atoms with Crippen LogP contribution in [0, 0.1) is 5.82 Å². The van der Waals surface area contributed by atoms with E-state index in [0.29, 0.717) is 13.2 Å². The molecule has 3 rings (SSSR count). The van der Waals surface area contributed by atoms with Crippen molar-refractivity contribution in [3.8, 4) is 0 Å². The maximum Gasteiger partial charge on any atom is 0.320 e. The molecule has 0 aliphatic carbocycles. The molecule has 0 radical (unpaired) electrons. The van der Waals surface area contributed by atoms with Crippen LogP contribution in [-0.4, -0.2) is 43.2 Å². The zero-order chi connectivity index (χ0) is 19.1. The molecule has 1 aliphatic heterocycles. The van der Waals surface area contributed by atoms with Crippen molar-refractivity contribution in [2.75, 3.05) is 26.2 Å². The predicted molar refractivity (Wildman–Crippen MR) is 102 cm³/mol. The van der Waals surface area contributed by atoms with Gasteiger partial charge in [-0.2, -0.15) is 0 Å². The molecule has 2 aromatic rings. The second-order valence-electron chi connectivity index (χ2n) is 6.76. The van der Waals surface area contributed by atoms with E-state index in [1.165, 1.54) is 12.1 Å². The smallest absolute Gasteiger partial charge is 0.320 e. The lowest BCUT2D eigenvalue weighted by Gasteiger charge is -2.33. The van der Waals surface area contributed by atoms with Gasteiger partial charge >= 0.3 is 5.97 Å². The van der Waals surface area contributed by atoms with E-state index >= 15 is 0 Å². The lowest BCUT2D eigenvalue weighted by atomic mass is 10.00. The molecule has 0 spiro atoms. The van der Waals surface area contributed by atoms with E-state index in [0.717, 1.165) is 37.1 Å². The Morgan fingerprint density at radius 3 is 2.33 bits per heavy atom. The largest absolute Gasteiger partial charge is 0.465 e. The Morgan fingerprint density at radius 2 is 1.70 bits per heavy atom. The van der Waals surface area contributed by atoms with Crippen LogP contribution >= 0.6 is 0 Å². The molecule has 0 aromatic heterocycles. The molecular weight excluding hydrogens is 345 g/mol. The summed E-state index contributed by atoms with van der Waals surface area (Å²) < 4.78 is 24.8. The number of hydrogen-bond donors (Lipinski definition) is 0. The van der Waals surface area contributed by atoms with E-state index in [4.69, 9.17) is 9.47 Å². The summed E-state index contributed by atoms with van der Waals surface area (Å²) in [6.45, 7) is 4.16.